The molecule has 0 aromatic heterocycles. The molecule has 134 valence electrons. The first-order valence-corrected chi connectivity index (χ1v) is 9.93. The van der Waals surface area contributed by atoms with Gasteiger partial charge < -0.3 is 9.47 Å². The highest BCUT2D eigenvalue weighted by atomic mass is 16.6. The molecule has 0 saturated heterocycles. The second kappa shape index (κ2) is 6.68. The SMILES string of the molecule is CC(C(=O)OCC1CC2CCC1C2)C(=O)OCC1CC2CCC1C2. The van der Waals surface area contributed by atoms with E-state index in [2.05, 4.69) is 0 Å². The van der Waals surface area contributed by atoms with Crippen molar-refractivity contribution in [2.75, 3.05) is 13.2 Å². The zero-order chi connectivity index (χ0) is 16.7. The number of esters is 2. The van der Waals surface area contributed by atoms with Crippen LogP contribution in [0.5, 0.6) is 0 Å². The summed E-state index contributed by atoms with van der Waals surface area (Å²) in [6, 6.07) is 0. The second-order valence-corrected chi connectivity index (χ2v) is 8.85. The average molecular weight is 334 g/mol. The fourth-order valence-electron chi connectivity index (χ4n) is 5.89. The predicted molar refractivity (Wildman–Crippen MR) is 89.0 cm³/mol. The fraction of sp³-hybridized carbons (Fsp3) is 0.900. The smallest absolute Gasteiger partial charge is 0.320 e. The van der Waals surface area contributed by atoms with E-state index < -0.39 is 17.9 Å². The van der Waals surface area contributed by atoms with E-state index in [1.165, 1.54) is 51.4 Å². The van der Waals surface area contributed by atoms with Crippen molar-refractivity contribution in [2.45, 2.75) is 58.3 Å². The Morgan fingerprint density at radius 3 is 1.58 bits per heavy atom. The Hall–Kier alpha value is -1.06. The lowest BCUT2D eigenvalue weighted by molar-refractivity contribution is -0.163. The maximum atomic E-state index is 12.1. The molecule has 4 aliphatic rings. The number of rotatable bonds is 6. The number of carbonyl (C=O) groups is 2. The van der Waals surface area contributed by atoms with Gasteiger partial charge in [0, 0.05) is 0 Å². The molecular formula is C20H30O4. The van der Waals surface area contributed by atoms with Crippen LogP contribution in [0.25, 0.3) is 0 Å². The van der Waals surface area contributed by atoms with Gasteiger partial charge in [0.05, 0.1) is 13.2 Å². The normalized spacial score (nSPS) is 40.7. The highest BCUT2D eigenvalue weighted by molar-refractivity contribution is 5.94. The van der Waals surface area contributed by atoms with Gasteiger partial charge in [-0.05, 0) is 81.0 Å². The van der Waals surface area contributed by atoms with Crippen molar-refractivity contribution >= 4 is 11.9 Å². The monoisotopic (exact) mass is 334 g/mol. The second-order valence-electron chi connectivity index (χ2n) is 8.85. The molecule has 24 heavy (non-hydrogen) atoms. The third kappa shape index (κ3) is 3.21. The van der Waals surface area contributed by atoms with E-state index >= 15 is 0 Å². The lowest BCUT2D eigenvalue weighted by Gasteiger charge is -2.23. The summed E-state index contributed by atoms with van der Waals surface area (Å²) in [6.45, 7) is 2.60. The van der Waals surface area contributed by atoms with Gasteiger partial charge >= 0.3 is 11.9 Å². The summed E-state index contributed by atoms with van der Waals surface area (Å²) in [5, 5.41) is 0. The molecule has 0 spiro atoms. The van der Waals surface area contributed by atoms with Crippen molar-refractivity contribution in [1.82, 2.24) is 0 Å². The summed E-state index contributed by atoms with van der Waals surface area (Å²) in [4.78, 5) is 24.3. The van der Waals surface area contributed by atoms with Crippen LogP contribution >= 0.6 is 0 Å². The van der Waals surface area contributed by atoms with Crippen LogP contribution in [0.1, 0.15) is 58.3 Å². The molecule has 4 bridgehead atoms. The van der Waals surface area contributed by atoms with Gasteiger partial charge in [0.2, 0.25) is 0 Å². The molecule has 4 aliphatic carbocycles. The van der Waals surface area contributed by atoms with Crippen LogP contribution in [-0.2, 0) is 19.1 Å². The van der Waals surface area contributed by atoms with Crippen molar-refractivity contribution in [3.8, 4) is 0 Å². The van der Waals surface area contributed by atoms with Crippen molar-refractivity contribution in [1.29, 1.82) is 0 Å². The molecular weight excluding hydrogens is 304 g/mol. The van der Waals surface area contributed by atoms with Crippen molar-refractivity contribution in [3.63, 3.8) is 0 Å². The highest BCUT2D eigenvalue weighted by Gasteiger charge is 2.41. The van der Waals surface area contributed by atoms with Gasteiger partial charge in [-0.1, -0.05) is 12.8 Å². The third-order valence-electron chi connectivity index (χ3n) is 7.36. The summed E-state index contributed by atoms with van der Waals surface area (Å²) in [6.07, 6.45) is 10.3. The van der Waals surface area contributed by atoms with Gasteiger partial charge in [-0.2, -0.15) is 0 Å². The van der Waals surface area contributed by atoms with E-state index in [-0.39, 0.29) is 0 Å². The Bertz CT molecular complexity index is 458. The zero-order valence-corrected chi connectivity index (χ0v) is 14.7. The maximum absolute atomic E-state index is 12.1. The van der Waals surface area contributed by atoms with E-state index in [0.29, 0.717) is 25.0 Å². The standard InChI is InChI=1S/C20H30O4/c1-12(19(21)23-10-17-8-13-2-4-15(17)6-13)20(22)24-11-18-9-14-3-5-16(18)7-14/h12-18H,2-11H2,1H3. The van der Waals surface area contributed by atoms with E-state index in [9.17, 15) is 9.59 Å². The Kier molecular flexibility index (Phi) is 4.57. The van der Waals surface area contributed by atoms with Gasteiger partial charge in [0.1, 0.15) is 0 Å². The van der Waals surface area contributed by atoms with Crippen LogP contribution < -0.4 is 0 Å². The molecule has 0 radical (unpaired) electrons. The minimum atomic E-state index is -0.790. The summed E-state index contributed by atoms with van der Waals surface area (Å²) >= 11 is 0. The average Bonchev–Trinajstić information content (AvgIpc) is 3.37. The van der Waals surface area contributed by atoms with Gasteiger partial charge in [0.15, 0.2) is 5.92 Å². The largest absolute Gasteiger partial charge is 0.465 e. The lowest BCUT2D eigenvalue weighted by atomic mass is 9.89. The Balaban J connectivity index is 1.18. The molecule has 6 atom stereocenters. The van der Waals surface area contributed by atoms with Crippen molar-refractivity contribution in [3.05, 3.63) is 0 Å². The zero-order valence-electron chi connectivity index (χ0n) is 14.7. The minimum absolute atomic E-state index is 0.407. The van der Waals surface area contributed by atoms with E-state index in [1.54, 1.807) is 6.92 Å². The van der Waals surface area contributed by atoms with Crippen molar-refractivity contribution in [2.24, 2.45) is 41.4 Å². The summed E-state index contributed by atoms with van der Waals surface area (Å²) in [5.41, 5.74) is 0. The van der Waals surface area contributed by atoms with Gasteiger partial charge in [-0.3, -0.25) is 9.59 Å². The van der Waals surface area contributed by atoms with E-state index in [4.69, 9.17) is 9.47 Å². The Morgan fingerprint density at radius 2 is 1.25 bits per heavy atom. The number of ether oxygens (including phenoxy) is 2. The van der Waals surface area contributed by atoms with Crippen LogP contribution in [0, 0.1) is 41.4 Å². The number of hydrogen-bond acceptors (Lipinski definition) is 4. The van der Waals surface area contributed by atoms with Gasteiger partial charge in [-0.15, -0.1) is 0 Å². The summed E-state index contributed by atoms with van der Waals surface area (Å²) < 4.78 is 10.9. The van der Waals surface area contributed by atoms with Crippen LogP contribution in [-0.4, -0.2) is 25.2 Å². The van der Waals surface area contributed by atoms with Crippen molar-refractivity contribution < 1.29 is 19.1 Å². The molecule has 6 unspecified atom stereocenters. The minimum Gasteiger partial charge on any atom is -0.465 e. The molecule has 0 amide bonds. The number of fused-ring (bicyclic) bond motifs is 4. The van der Waals surface area contributed by atoms with Gasteiger partial charge in [0.25, 0.3) is 0 Å². The molecule has 4 heteroatoms. The first kappa shape index (κ1) is 16.4. The molecule has 0 heterocycles. The molecule has 4 rings (SSSR count). The Labute approximate surface area is 144 Å². The first-order valence-electron chi connectivity index (χ1n) is 9.93. The van der Waals surface area contributed by atoms with Crippen LogP contribution in [0.2, 0.25) is 0 Å². The molecule has 0 aliphatic heterocycles. The maximum Gasteiger partial charge on any atom is 0.320 e. The molecule has 4 saturated carbocycles. The molecule has 4 nitrogen and oxygen atoms in total. The highest BCUT2D eigenvalue weighted by Crippen LogP contribution is 2.49. The van der Waals surface area contributed by atoms with Crippen LogP contribution in [0.3, 0.4) is 0 Å². The third-order valence-corrected chi connectivity index (χ3v) is 7.36. The quantitative estimate of drug-likeness (QED) is 0.550. The topological polar surface area (TPSA) is 52.6 Å². The fourth-order valence-corrected chi connectivity index (χ4v) is 5.89. The number of hydrogen-bond donors (Lipinski definition) is 0. The summed E-state index contributed by atoms with van der Waals surface area (Å²) in [7, 11) is 0. The lowest BCUT2D eigenvalue weighted by Crippen LogP contribution is -2.29. The molecule has 0 aromatic carbocycles. The van der Waals surface area contributed by atoms with Crippen LogP contribution in [0.4, 0.5) is 0 Å². The van der Waals surface area contributed by atoms with Crippen LogP contribution in [0.15, 0.2) is 0 Å². The first-order chi connectivity index (χ1) is 11.6. The molecule has 0 aromatic rings. The number of carbonyl (C=O) groups excluding carboxylic acids is 2. The summed E-state index contributed by atoms with van der Waals surface area (Å²) in [5.74, 6) is 2.61. The van der Waals surface area contributed by atoms with Gasteiger partial charge in [-0.25, -0.2) is 0 Å². The van der Waals surface area contributed by atoms with E-state index in [0.717, 1.165) is 23.7 Å². The van der Waals surface area contributed by atoms with E-state index in [1.807, 2.05) is 0 Å². The molecule has 0 N–H and O–H groups in total. The molecule has 4 fully saturated rings. The Morgan fingerprint density at radius 1 is 0.792 bits per heavy atom. The predicted octanol–water partition coefficient (Wildman–Crippen LogP) is 3.58.